The van der Waals surface area contributed by atoms with Crippen molar-refractivity contribution in [2.45, 2.75) is 25.1 Å². The molecule has 2 fully saturated rings. The fourth-order valence-electron chi connectivity index (χ4n) is 4.31. The lowest BCUT2D eigenvalue weighted by Crippen LogP contribution is -2.49. The van der Waals surface area contributed by atoms with Crippen molar-refractivity contribution in [3.05, 3.63) is 54.7 Å². The van der Waals surface area contributed by atoms with Crippen LogP contribution in [0.2, 0.25) is 0 Å². The van der Waals surface area contributed by atoms with Gasteiger partial charge in [-0.15, -0.1) is 10.2 Å². The SMILES string of the molecule is O=C(O)C(F)(F)F.c1ccc(-c2nnc(-c3ccccn3)nc2N2CCC(N3CCOCC3)CC2)cc1. The first-order valence-corrected chi connectivity index (χ1v) is 11.9. The van der Waals surface area contributed by atoms with Crippen molar-refractivity contribution in [2.75, 3.05) is 44.3 Å². The van der Waals surface area contributed by atoms with Gasteiger partial charge >= 0.3 is 12.1 Å². The number of hydrogen-bond donors (Lipinski definition) is 1. The van der Waals surface area contributed by atoms with Crippen molar-refractivity contribution in [3.63, 3.8) is 0 Å². The molecule has 0 saturated carbocycles. The maximum atomic E-state index is 10.6. The van der Waals surface area contributed by atoms with Crippen LogP contribution < -0.4 is 4.90 Å². The Hall–Kier alpha value is -3.64. The van der Waals surface area contributed by atoms with Gasteiger partial charge < -0.3 is 14.7 Å². The summed E-state index contributed by atoms with van der Waals surface area (Å²) in [7, 11) is 0. The summed E-state index contributed by atoms with van der Waals surface area (Å²) in [5, 5.41) is 16.1. The van der Waals surface area contributed by atoms with Gasteiger partial charge in [0.1, 0.15) is 11.4 Å². The average molecular weight is 517 g/mol. The third kappa shape index (κ3) is 6.98. The highest BCUT2D eigenvalue weighted by Crippen LogP contribution is 2.31. The third-order valence-electron chi connectivity index (χ3n) is 6.18. The predicted molar refractivity (Wildman–Crippen MR) is 130 cm³/mol. The number of benzene rings is 1. The number of piperidine rings is 1. The minimum atomic E-state index is -5.08. The maximum Gasteiger partial charge on any atom is 0.490 e. The van der Waals surface area contributed by atoms with Crippen LogP contribution in [0.1, 0.15) is 12.8 Å². The molecule has 196 valence electrons. The minimum Gasteiger partial charge on any atom is -0.475 e. The molecule has 2 saturated heterocycles. The number of carboxylic acid groups (broad SMARTS) is 1. The molecule has 1 N–H and O–H groups in total. The molecule has 5 rings (SSSR count). The van der Waals surface area contributed by atoms with Crippen LogP contribution in [-0.2, 0) is 9.53 Å². The summed E-state index contributed by atoms with van der Waals surface area (Å²) in [5.41, 5.74) is 2.62. The fourth-order valence-corrected chi connectivity index (χ4v) is 4.31. The lowest BCUT2D eigenvalue weighted by atomic mass is 10.0. The van der Waals surface area contributed by atoms with Crippen LogP contribution in [0.25, 0.3) is 22.8 Å². The van der Waals surface area contributed by atoms with Crippen molar-refractivity contribution >= 4 is 11.8 Å². The van der Waals surface area contributed by atoms with Crippen molar-refractivity contribution < 1.29 is 27.8 Å². The van der Waals surface area contributed by atoms with Gasteiger partial charge in [0.25, 0.3) is 0 Å². The number of alkyl halides is 3. The number of rotatable bonds is 4. The van der Waals surface area contributed by atoms with Crippen molar-refractivity contribution in [1.82, 2.24) is 25.1 Å². The molecule has 0 atom stereocenters. The number of anilines is 1. The van der Waals surface area contributed by atoms with E-state index in [1.54, 1.807) is 6.20 Å². The highest BCUT2D eigenvalue weighted by Gasteiger charge is 2.38. The second-order valence-corrected chi connectivity index (χ2v) is 8.56. The van der Waals surface area contributed by atoms with Crippen molar-refractivity contribution in [1.29, 1.82) is 0 Å². The highest BCUT2D eigenvalue weighted by molar-refractivity contribution is 5.73. The Balaban J connectivity index is 0.000000405. The van der Waals surface area contributed by atoms with Gasteiger partial charge in [-0.25, -0.2) is 9.78 Å². The second kappa shape index (κ2) is 12.1. The molecule has 1 aromatic carbocycles. The molecule has 9 nitrogen and oxygen atoms in total. The summed E-state index contributed by atoms with van der Waals surface area (Å²) >= 11 is 0. The van der Waals surface area contributed by atoms with Crippen molar-refractivity contribution in [2.24, 2.45) is 0 Å². The maximum absolute atomic E-state index is 10.6. The summed E-state index contributed by atoms with van der Waals surface area (Å²) in [6.07, 6.45) is -1.08. The highest BCUT2D eigenvalue weighted by atomic mass is 19.4. The van der Waals surface area contributed by atoms with Gasteiger partial charge in [-0.05, 0) is 25.0 Å². The topological polar surface area (TPSA) is 105 Å². The summed E-state index contributed by atoms with van der Waals surface area (Å²) in [6, 6.07) is 16.6. The van der Waals surface area contributed by atoms with Gasteiger partial charge in [-0.1, -0.05) is 36.4 Å². The Morgan fingerprint density at radius 1 is 0.946 bits per heavy atom. The fraction of sp³-hybridized carbons (Fsp3) is 0.400. The molecule has 0 radical (unpaired) electrons. The Morgan fingerprint density at radius 2 is 1.59 bits per heavy atom. The molecule has 0 spiro atoms. The predicted octanol–water partition coefficient (Wildman–Crippen LogP) is 3.53. The third-order valence-corrected chi connectivity index (χ3v) is 6.18. The number of aromatic nitrogens is 4. The van der Waals surface area contributed by atoms with E-state index < -0.39 is 12.1 Å². The number of ether oxygens (including phenoxy) is 1. The number of nitrogens with zero attached hydrogens (tertiary/aromatic N) is 6. The molecule has 4 heterocycles. The van der Waals surface area contributed by atoms with Crippen LogP contribution in [0.15, 0.2) is 54.7 Å². The van der Waals surface area contributed by atoms with E-state index in [1.807, 2.05) is 36.4 Å². The lowest BCUT2D eigenvalue weighted by Gasteiger charge is -2.40. The molecule has 2 aromatic heterocycles. The quantitative estimate of drug-likeness (QED) is 0.558. The summed E-state index contributed by atoms with van der Waals surface area (Å²) in [5.74, 6) is -1.29. The Labute approximate surface area is 211 Å². The Bertz CT molecular complexity index is 1150. The first-order valence-electron chi connectivity index (χ1n) is 11.9. The molecule has 37 heavy (non-hydrogen) atoms. The Kier molecular flexibility index (Phi) is 8.62. The molecular formula is C25H27F3N6O3. The van der Waals surface area contributed by atoms with E-state index in [4.69, 9.17) is 19.6 Å². The van der Waals surface area contributed by atoms with Gasteiger partial charge in [0.15, 0.2) is 5.82 Å². The summed E-state index contributed by atoms with van der Waals surface area (Å²) < 4.78 is 37.3. The molecule has 0 bridgehead atoms. The van der Waals surface area contributed by atoms with E-state index in [9.17, 15) is 13.2 Å². The van der Waals surface area contributed by atoms with E-state index in [2.05, 4.69) is 37.1 Å². The van der Waals surface area contributed by atoms with Crippen molar-refractivity contribution in [3.8, 4) is 22.8 Å². The first kappa shape index (κ1) is 26.4. The molecular weight excluding hydrogens is 489 g/mol. The van der Waals surface area contributed by atoms with Crippen LogP contribution in [0.4, 0.5) is 19.0 Å². The largest absolute Gasteiger partial charge is 0.490 e. The average Bonchev–Trinajstić information content (AvgIpc) is 2.94. The first-order chi connectivity index (χ1) is 17.8. The molecule has 2 aliphatic heterocycles. The monoisotopic (exact) mass is 516 g/mol. The van der Waals surface area contributed by atoms with Gasteiger partial charge in [0, 0.05) is 44.0 Å². The molecule has 0 unspecified atom stereocenters. The zero-order valence-corrected chi connectivity index (χ0v) is 20.0. The van der Waals surface area contributed by atoms with E-state index in [0.717, 1.165) is 75.0 Å². The zero-order chi connectivity index (χ0) is 26.3. The van der Waals surface area contributed by atoms with E-state index in [-0.39, 0.29) is 0 Å². The number of pyridine rings is 1. The Morgan fingerprint density at radius 3 is 2.19 bits per heavy atom. The van der Waals surface area contributed by atoms with Crippen LogP contribution >= 0.6 is 0 Å². The van der Waals surface area contributed by atoms with Crippen LogP contribution in [0.5, 0.6) is 0 Å². The van der Waals surface area contributed by atoms with E-state index in [1.165, 1.54) is 0 Å². The van der Waals surface area contributed by atoms with Crippen LogP contribution in [0, 0.1) is 0 Å². The number of morpholine rings is 1. The lowest BCUT2D eigenvalue weighted by molar-refractivity contribution is -0.192. The number of aliphatic carboxylic acids is 1. The summed E-state index contributed by atoms with van der Waals surface area (Å²) in [4.78, 5) is 23.2. The minimum absolute atomic E-state index is 0.570. The normalized spacial score (nSPS) is 17.1. The molecule has 0 aliphatic carbocycles. The number of halogens is 3. The van der Waals surface area contributed by atoms with Crippen LogP contribution in [0.3, 0.4) is 0 Å². The van der Waals surface area contributed by atoms with E-state index in [0.29, 0.717) is 11.9 Å². The molecule has 12 heteroatoms. The standard InChI is InChI=1S/C23H26N6O.C2HF3O2/c1-2-6-18(7-3-1)21-23(25-22(27-26-21)20-8-4-5-11-24-20)29-12-9-19(10-13-29)28-14-16-30-17-15-28;3-2(4,5)1(6)7/h1-8,11,19H,9-10,12-17H2;(H,6,7). The van der Waals surface area contributed by atoms with Gasteiger partial charge in [-0.3, -0.25) is 9.88 Å². The molecule has 3 aromatic rings. The summed E-state index contributed by atoms with van der Waals surface area (Å²) in [6.45, 7) is 5.70. The second-order valence-electron chi connectivity index (χ2n) is 8.56. The number of carbonyl (C=O) groups is 1. The van der Waals surface area contributed by atoms with Crippen LogP contribution in [-0.4, -0.2) is 87.8 Å². The van der Waals surface area contributed by atoms with Gasteiger partial charge in [-0.2, -0.15) is 13.2 Å². The number of carboxylic acids is 1. The smallest absolute Gasteiger partial charge is 0.475 e. The molecule has 2 aliphatic rings. The van der Waals surface area contributed by atoms with Gasteiger partial charge in [0.05, 0.1) is 13.2 Å². The molecule has 0 amide bonds. The zero-order valence-electron chi connectivity index (χ0n) is 20.0. The van der Waals surface area contributed by atoms with Gasteiger partial charge in [0.2, 0.25) is 5.82 Å². The number of hydrogen-bond acceptors (Lipinski definition) is 8. The van der Waals surface area contributed by atoms with E-state index >= 15 is 0 Å².